The topological polar surface area (TPSA) is 51.2 Å². The summed E-state index contributed by atoms with van der Waals surface area (Å²) in [6, 6.07) is 13.8. The number of hydrogen-bond donors (Lipinski definition) is 1. The number of rotatable bonds is 10. The minimum atomic E-state index is -0.703. The molecule has 158 valence electrons. The molecule has 1 aliphatic heterocycles. The Morgan fingerprint density at radius 1 is 0.931 bits per heavy atom. The zero-order valence-corrected chi connectivity index (χ0v) is 17.6. The molecule has 0 aromatic heterocycles. The van der Waals surface area contributed by atoms with Crippen LogP contribution in [0.1, 0.15) is 42.9 Å². The molecule has 2 aromatic rings. The number of nitrogens with zero attached hydrogens (tertiary/aromatic N) is 1. The number of ether oxygens (including phenoxy) is 3. The van der Waals surface area contributed by atoms with Gasteiger partial charge in [-0.1, -0.05) is 36.8 Å². The predicted molar refractivity (Wildman–Crippen MR) is 115 cm³/mol. The number of aryl methyl sites for hydroxylation is 1. The van der Waals surface area contributed by atoms with Crippen LogP contribution in [-0.4, -0.2) is 50.5 Å². The fraction of sp³-hybridized carbons (Fsp3) is 0.500. The molecule has 1 atom stereocenters. The molecule has 1 aliphatic rings. The van der Waals surface area contributed by atoms with Crippen LogP contribution in [0.3, 0.4) is 0 Å². The van der Waals surface area contributed by atoms with E-state index in [1.54, 1.807) is 14.2 Å². The highest BCUT2D eigenvalue weighted by Crippen LogP contribution is 2.42. The number of likely N-dealkylation sites (tertiary alicyclic amines) is 1. The van der Waals surface area contributed by atoms with Gasteiger partial charge in [0.2, 0.25) is 0 Å². The molecule has 29 heavy (non-hydrogen) atoms. The first-order valence-electron chi connectivity index (χ1n) is 10.5. The van der Waals surface area contributed by atoms with Gasteiger partial charge in [0.25, 0.3) is 0 Å². The Labute approximate surface area is 174 Å². The summed E-state index contributed by atoms with van der Waals surface area (Å²) in [4.78, 5) is 2.43. The van der Waals surface area contributed by atoms with Crippen LogP contribution < -0.4 is 14.2 Å². The molecular weight excluding hydrogens is 366 g/mol. The molecule has 1 heterocycles. The average Bonchev–Trinajstić information content (AvgIpc) is 2.78. The van der Waals surface area contributed by atoms with Crippen molar-refractivity contribution in [1.82, 2.24) is 4.90 Å². The van der Waals surface area contributed by atoms with E-state index in [9.17, 15) is 5.11 Å². The van der Waals surface area contributed by atoms with Gasteiger partial charge in [0.15, 0.2) is 11.5 Å². The SMILES string of the molecule is COc1ccc(OC)c(C(O)CCc2ccccc2)c1OCCN1CCCCC1. The summed E-state index contributed by atoms with van der Waals surface area (Å²) in [5.74, 6) is 1.84. The monoisotopic (exact) mass is 399 g/mol. The fourth-order valence-electron chi connectivity index (χ4n) is 3.92. The number of benzene rings is 2. The minimum Gasteiger partial charge on any atom is -0.496 e. The second kappa shape index (κ2) is 11.1. The van der Waals surface area contributed by atoms with Gasteiger partial charge in [-0.2, -0.15) is 0 Å². The normalized spacial score (nSPS) is 15.7. The van der Waals surface area contributed by atoms with Crippen molar-refractivity contribution in [1.29, 1.82) is 0 Å². The first-order valence-corrected chi connectivity index (χ1v) is 10.5. The van der Waals surface area contributed by atoms with Gasteiger partial charge in [-0.3, -0.25) is 4.90 Å². The van der Waals surface area contributed by atoms with Gasteiger partial charge in [-0.05, 0) is 56.5 Å². The Balaban J connectivity index is 1.73. The van der Waals surface area contributed by atoms with E-state index in [1.807, 2.05) is 30.3 Å². The van der Waals surface area contributed by atoms with Crippen molar-refractivity contribution in [2.75, 3.05) is 40.5 Å². The van der Waals surface area contributed by atoms with E-state index >= 15 is 0 Å². The van der Waals surface area contributed by atoms with E-state index in [1.165, 1.54) is 24.8 Å². The lowest BCUT2D eigenvalue weighted by Crippen LogP contribution is -2.33. The van der Waals surface area contributed by atoms with E-state index in [0.29, 0.717) is 35.8 Å². The lowest BCUT2D eigenvalue weighted by atomic mass is 9.99. The van der Waals surface area contributed by atoms with Crippen molar-refractivity contribution in [2.45, 2.75) is 38.2 Å². The third-order valence-electron chi connectivity index (χ3n) is 5.54. The Morgan fingerprint density at radius 2 is 1.62 bits per heavy atom. The minimum absolute atomic E-state index is 0.557. The Morgan fingerprint density at radius 3 is 2.31 bits per heavy atom. The summed E-state index contributed by atoms with van der Waals surface area (Å²) in [6.07, 6.45) is 4.48. The quantitative estimate of drug-likeness (QED) is 0.648. The summed E-state index contributed by atoms with van der Waals surface area (Å²) in [5, 5.41) is 11.0. The van der Waals surface area contributed by atoms with E-state index < -0.39 is 6.10 Å². The molecule has 1 unspecified atom stereocenters. The molecule has 0 bridgehead atoms. The van der Waals surface area contributed by atoms with Gasteiger partial charge in [0.05, 0.1) is 25.9 Å². The van der Waals surface area contributed by atoms with Gasteiger partial charge in [-0.25, -0.2) is 0 Å². The highest BCUT2D eigenvalue weighted by atomic mass is 16.5. The maximum absolute atomic E-state index is 11.0. The molecule has 2 aromatic carbocycles. The van der Waals surface area contributed by atoms with Crippen molar-refractivity contribution < 1.29 is 19.3 Å². The number of aliphatic hydroxyl groups excluding tert-OH is 1. The summed E-state index contributed by atoms with van der Waals surface area (Å²) in [5.41, 5.74) is 1.86. The molecule has 5 heteroatoms. The maximum atomic E-state index is 11.0. The van der Waals surface area contributed by atoms with Crippen LogP contribution in [-0.2, 0) is 6.42 Å². The smallest absolute Gasteiger partial charge is 0.170 e. The molecule has 0 radical (unpaired) electrons. The summed E-state index contributed by atoms with van der Waals surface area (Å²) >= 11 is 0. The molecule has 5 nitrogen and oxygen atoms in total. The third kappa shape index (κ3) is 5.87. The fourth-order valence-corrected chi connectivity index (χ4v) is 3.92. The highest BCUT2D eigenvalue weighted by Gasteiger charge is 2.23. The third-order valence-corrected chi connectivity index (χ3v) is 5.54. The van der Waals surface area contributed by atoms with Crippen LogP contribution in [0.4, 0.5) is 0 Å². The zero-order valence-electron chi connectivity index (χ0n) is 17.6. The Kier molecular flexibility index (Phi) is 8.20. The second-order valence-electron chi connectivity index (χ2n) is 7.50. The number of methoxy groups -OCH3 is 2. The molecule has 1 N–H and O–H groups in total. The first kappa shape index (κ1) is 21.5. The largest absolute Gasteiger partial charge is 0.496 e. The molecule has 0 spiro atoms. The van der Waals surface area contributed by atoms with Crippen molar-refractivity contribution >= 4 is 0 Å². The van der Waals surface area contributed by atoms with Gasteiger partial charge in [0, 0.05) is 6.54 Å². The van der Waals surface area contributed by atoms with Crippen LogP contribution in [0, 0.1) is 0 Å². The van der Waals surface area contributed by atoms with Crippen LogP contribution in [0.2, 0.25) is 0 Å². The predicted octanol–water partition coefficient (Wildman–Crippen LogP) is 4.23. The molecule has 1 fully saturated rings. The van der Waals surface area contributed by atoms with Crippen molar-refractivity contribution in [3.63, 3.8) is 0 Å². The lowest BCUT2D eigenvalue weighted by molar-refractivity contribution is 0.149. The van der Waals surface area contributed by atoms with Crippen LogP contribution in [0.15, 0.2) is 42.5 Å². The van der Waals surface area contributed by atoms with Gasteiger partial charge in [0.1, 0.15) is 12.4 Å². The van der Waals surface area contributed by atoms with Gasteiger partial charge >= 0.3 is 0 Å². The number of piperidine rings is 1. The molecule has 1 saturated heterocycles. The summed E-state index contributed by atoms with van der Waals surface area (Å²) in [6.45, 7) is 3.69. The first-order chi connectivity index (χ1) is 14.2. The van der Waals surface area contributed by atoms with Gasteiger partial charge < -0.3 is 19.3 Å². The zero-order chi connectivity index (χ0) is 20.5. The van der Waals surface area contributed by atoms with Crippen LogP contribution >= 0.6 is 0 Å². The van der Waals surface area contributed by atoms with E-state index in [2.05, 4.69) is 17.0 Å². The summed E-state index contributed by atoms with van der Waals surface area (Å²) in [7, 11) is 3.24. The van der Waals surface area contributed by atoms with E-state index in [-0.39, 0.29) is 0 Å². The van der Waals surface area contributed by atoms with Crippen LogP contribution in [0.5, 0.6) is 17.2 Å². The Hall–Kier alpha value is -2.24. The molecule has 0 amide bonds. The average molecular weight is 400 g/mol. The number of hydrogen-bond acceptors (Lipinski definition) is 5. The number of aliphatic hydroxyl groups is 1. The maximum Gasteiger partial charge on any atom is 0.170 e. The molecule has 0 aliphatic carbocycles. The standard InChI is InChI=1S/C24H33NO4/c1-27-21-13-14-22(28-2)24(29-18-17-25-15-7-4-8-16-25)23(21)20(26)12-11-19-9-5-3-6-10-19/h3,5-6,9-10,13-14,20,26H,4,7-8,11-12,15-18H2,1-2H3. The summed E-state index contributed by atoms with van der Waals surface area (Å²) < 4.78 is 17.3. The van der Waals surface area contributed by atoms with Crippen molar-refractivity contribution in [2.24, 2.45) is 0 Å². The molecule has 3 rings (SSSR count). The van der Waals surface area contributed by atoms with Crippen molar-refractivity contribution in [3.05, 3.63) is 53.6 Å². The lowest BCUT2D eigenvalue weighted by Gasteiger charge is -2.27. The molecule has 0 saturated carbocycles. The highest BCUT2D eigenvalue weighted by molar-refractivity contribution is 5.55. The van der Waals surface area contributed by atoms with E-state index in [4.69, 9.17) is 14.2 Å². The Bertz CT molecular complexity index is 744. The molecular formula is C24H33NO4. The second-order valence-corrected chi connectivity index (χ2v) is 7.50. The van der Waals surface area contributed by atoms with E-state index in [0.717, 1.165) is 26.1 Å². The van der Waals surface area contributed by atoms with Crippen molar-refractivity contribution in [3.8, 4) is 17.2 Å². The van der Waals surface area contributed by atoms with Gasteiger partial charge in [-0.15, -0.1) is 0 Å². The van der Waals surface area contributed by atoms with Crippen LogP contribution in [0.25, 0.3) is 0 Å².